The van der Waals surface area contributed by atoms with E-state index >= 15 is 0 Å². The van der Waals surface area contributed by atoms with E-state index in [1.54, 1.807) is 0 Å². The lowest BCUT2D eigenvalue weighted by Crippen LogP contribution is -2.32. The topological polar surface area (TPSA) is 149 Å². The van der Waals surface area contributed by atoms with Gasteiger partial charge in [0.1, 0.15) is 13.9 Å². The molecule has 0 heterocycles. The zero-order valence-electron chi connectivity index (χ0n) is 21.7. The molecule has 0 aliphatic carbocycles. The number of hydrogen-bond donors (Lipinski definition) is 3. The Morgan fingerprint density at radius 3 is 2.03 bits per heavy atom. The van der Waals surface area contributed by atoms with Crippen LogP contribution in [0, 0.1) is 5.92 Å². The van der Waals surface area contributed by atoms with Gasteiger partial charge in [-0.3, -0.25) is 14.4 Å². The minimum Gasteiger partial charge on any atom is -0.449 e. The first-order valence-corrected chi connectivity index (χ1v) is 13.5. The molecule has 0 rings (SSSR count). The van der Waals surface area contributed by atoms with Crippen molar-refractivity contribution in [3.63, 3.8) is 0 Å². The van der Waals surface area contributed by atoms with Crippen LogP contribution in [0.1, 0.15) is 53.4 Å². The smallest absolute Gasteiger partial charge is 0.407 e. The second-order valence-electron chi connectivity index (χ2n) is 9.33. The summed E-state index contributed by atoms with van der Waals surface area (Å²) in [5.74, 6) is -0.729. The highest BCUT2D eigenvalue weighted by molar-refractivity contribution is 7.65. The van der Waals surface area contributed by atoms with Crippen LogP contribution in [-0.2, 0) is 33.1 Å². The van der Waals surface area contributed by atoms with Crippen LogP contribution in [0.15, 0.2) is 0 Å². The maximum absolute atomic E-state index is 11.9. The average Bonchev–Trinajstić information content (AvgIpc) is 2.77. The number of alkyl carbamates (subject to hydrolysis) is 1. The molecule has 11 nitrogen and oxygen atoms in total. The molecular formula is C23H43N2O9P. The largest absolute Gasteiger partial charge is 0.449 e. The van der Waals surface area contributed by atoms with Gasteiger partial charge in [0.15, 0.2) is 11.6 Å². The van der Waals surface area contributed by atoms with Gasteiger partial charge in [-0.25, -0.2) is 4.79 Å². The lowest BCUT2D eigenvalue weighted by atomic mass is 10.2. The Labute approximate surface area is 208 Å². The highest BCUT2D eigenvalue weighted by Gasteiger charge is 2.29. The number of ketones is 2. The van der Waals surface area contributed by atoms with E-state index in [9.17, 15) is 24.1 Å². The van der Waals surface area contributed by atoms with E-state index in [1.807, 2.05) is 27.7 Å². The van der Waals surface area contributed by atoms with Gasteiger partial charge in [-0.05, 0) is 12.8 Å². The van der Waals surface area contributed by atoms with Gasteiger partial charge >= 0.3 is 6.09 Å². The monoisotopic (exact) mass is 522 g/mol. The lowest BCUT2D eigenvalue weighted by molar-refractivity contribution is -0.127. The Balaban J connectivity index is 3.76. The minimum absolute atomic E-state index is 0.0309. The highest BCUT2D eigenvalue weighted by Crippen LogP contribution is 2.54. The first kappa shape index (κ1) is 33.2. The molecule has 2 unspecified atom stereocenters. The summed E-state index contributed by atoms with van der Waals surface area (Å²) in [6, 6.07) is 0. The molecule has 0 saturated heterocycles. The summed E-state index contributed by atoms with van der Waals surface area (Å²) < 4.78 is 20.7. The van der Waals surface area contributed by atoms with E-state index in [-0.39, 0.29) is 69.1 Å². The predicted molar refractivity (Wildman–Crippen MR) is 135 cm³/mol. The van der Waals surface area contributed by atoms with Gasteiger partial charge in [0.05, 0.1) is 26.3 Å². The molecule has 0 saturated carbocycles. The summed E-state index contributed by atoms with van der Waals surface area (Å²) in [4.78, 5) is 56.8. The molecule has 0 aromatic heterocycles. The van der Waals surface area contributed by atoms with Gasteiger partial charge in [-0.2, -0.15) is 0 Å². The molecule has 0 spiro atoms. The maximum Gasteiger partial charge on any atom is 0.407 e. The summed E-state index contributed by atoms with van der Waals surface area (Å²) in [6.45, 7) is 8.15. The molecule has 0 radical (unpaired) electrons. The summed E-state index contributed by atoms with van der Waals surface area (Å²) in [5, 5.41) is 4.41. The van der Waals surface area contributed by atoms with Crippen LogP contribution >= 0.6 is 7.34 Å². The molecule has 0 bridgehead atoms. The molecule has 2 amide bonds. The molecule has 3 N–H and O–H groups in total. The van der Waals surface area contributed by atoms with Crippen LogP contribution in [-0.4, -0.2) is 93.1 Å². The third-order valence-electron chi connectivity index (χ3n) is 4.80. The Kier molecular flexibility index (Phi) is 16.7. The molecule has 0 fully saturated rings. The van der Waals surface area contributed by atoms with E-state index in [2.05, 4.69) is 21.7 Å². The number of nitrogens with one attached hydrogen (secondary N) is 2. The van der Waals surface area contributed by atoms with E-state index in [1.165, 1.54) is 7.11 Å². The van der Waals surface area contributed by atoms with Crippen LogP contribution < -0.4 is 10.6 Å². The second kappa shape index (κ2) is 17.6. The van der Waals surface area contributed by atoms with Crippen molar-refractivity contribution in [2.75, 3.05) is 53.2 Å². The number of carbonyl (C=O) groups excluding carboxylic acids is 4. The van der Waals surface area contributed by atoms with Crippen LogP contribution in [0.3, 0.4) is 0 Å². The highest BCUT2D eigenvalue weighted by atomic mass is 31.2. The number of methoxy groups -OCH3 is 1. The van der Waals surface area contributed by atoms with Gasteiger partial charge in [0.25, 0.3) is 0 Å². The fourth-order valence-electron chi connectivity index (χ4n) is 2.33. The van der Waals surface area contributed by atoms with E-state index in [0.717, 1.165) is 0 Å². The fraction of sp³-hybridized carbons (Fsp3) is 0.783. The molecule has 0 aromatic carbocycles. The van der Waals surface area contributed by atoms with Crippen molar-refractivity contribution in [1.29, 1.82) is 0 Å². The van der Waals surface area contributed by atoms with Crippen molar-refractivity contribution in [3.05, 3.63) is 0 Å². The van der Waals surface area contributed by atoms with E-state index in [4.69, 9.17) is 14.0 Å². The van der Waals surface area contributed by atoms with Gasteiger partial charge < -0.3 is 34.3 Å². The van der Waals surface area contributed by atoms with Gasteiger partial charge in [0.2, 0.25) is 5.91 Å². The van der Waals surface area contributed by atoms with Crippen molar-refractivity contribution >= 4 is 37.2 Å². The van der Waals surface area contributed by atoms with Crippen molar-refractivity contribution in [2.24, 2.45) is 5.92 Å². The second-order valence-corrected chi connectivity index (χ2v) is 12.3. The minimum atomic E-state index is -2.78. The first-order chi connectivity index (χ1) is 16.3. The SMILES string of the molecule is C=P(O)(OCC(C)COC(=O)NCC(=O)CCCOCCCC(=O)CNC(=O)COC)C(C)(C)C. The van der Waals surface area contributed by atoms with Crippen molar-refractivity contribution < 1.29 is 42.8 Å². The number of hydrogen-bond acceptors (Lipinski definition) is 9. The standard InChI is InChI=1S/C23H43N2O9P/c1-18(16-34-35(6,30)23(2,3)4)15-33-22(29)25-14-20(27)10-8-12-32-11-7-9-19(26)13-24-21(28)17-31-5/h18,30H,6-17H2,1-5H3,(H,24,28)(H,25,29). The third kappa shape index (κ3) is 17.3. The fourth-order valence-corrected chi connectivity index (χ4v) is 3.22. The molecule has 0 aliphatic rings. The zero-order chi connectivity index (χ0) is 26.9. The van der Waals surface area contributed by atoms with Gasteiger partial charge in [0, 0.05) is 44.2 Å². The number of rotatable bonds is 19. The van der Waals surface area contributed by atoms with Crippen LogP contribution in [0.2, 0.25) is 0 Å². The third-order valence-corrected chi connectivity index (χ3v) is 7.47. The van der Waals surface area contributed by atoms with Crippen molar-refractivity contribution in [3.8, 4) is 0 Å². The van der Waals surface area contributed by atoms with Crippen LogP contribution in [0.25, 0.3) is 0 Å². The maximum atomic E-state index is 11.9. The van der Waals surface area contributed by atoms with Crippen molar-refractivity contribution in [1.82, 2.24) is 10.6 Å². The number of ether oxygens (including phenoxy) is 3. The predicted octanol–water partition coefficient (Wildman–Crippen LogP) is 1.91. The molecule has 12 heteroatoms. The Bertz CT molecular complexity index is 722. The number of carbonyl (C=O) groups is 4. The van der Waals surface area contributed by atoms with Gasteiger partial charge in [-0.15, -0.1) is 0 Å². The first-order valence-electron chi connectivity index (χ1n) is 11.7. The number of amides is 2. The molecule has 0 aliphatic heterocycles. The summed E-state index contributed by atoms with van der Waals surface area (Å²) in [7, 11) is -1.38. The number of Topliss-reactive ketones (excluding diaryl/α,β-unsaturated/α-hetero) is 2. The Hall–Kier alpha value is -1.78. The molecular weight excluding hydrogens is 479 g/mol. The average molecular weight is 523 g/mol. The molecule has 2 atom stereocenters. The summed E-state index contributed by atoms with van der Waals surface area (Å²) >= 11 is 0. The van der Waals surface area contributed by atoms with E-state index < -0.39 is 18.6 Å². The molecule has 0 aromatic rings. The van der Waals surface area contributed by atoms with Crippen LogP contribution in [0.4, 0.5) is 4.79 Å². The van der Waals surface area contributed by atoms with Crippen molar-refractivity contribution in [2.45, 2.75) is 58.5 Å². The Morgan fingerprint density at radius 2 is 1.51 bits per heavy atom. The zero-order valence-corrected chi connectivity index (χ0v) is 22.6. The van der Waals surface area contributed by atoms with E-state index in [0.29, 0.717) is 26.1 Å². The van der Waals surface area contributed by atoms with Gasteiger partial charge in [-0.1, -0.05) is 34.0 Å². The summed E-state index contributed by atoms with van der Waals surface area (Å²) in [6.07, 6.45) is 4.63. The molecule has 204 valence electrons. The van der Waals surface area contributed by atoms with Crippen LogP contribution in [0.5, 0.6) is 0 Å². The summed E-state index contributed by atoms with van der Waals surface area (Å²) in [5.41, 5.74) is 0. The molecule has 35 heavy (non-hydrogen) atoms. The normalized spacial score (nSPS) is 14.0. The Morgan fingerprint density at radius 1 is 0.971 bits per heavy atom. The quantitative estimate of drug-likeness (QED) is 0.171. The lowest BCUT2D eigenvalue weighted by Gasteiger charge is -2.32.